The van der Waals surface area contributed by atoms with Crippen molar-refractivity contribution in [1.29, 1.82) is 0 Å². The molecule has 1 N–H and O–H groups in total. The second kappa shape index (κ2) is 4.30. The van der Waals surface area contributed by atoms with Gasteiger partial charge in [-0.1, -0.05) is 13.0 Å². The van der Waals surface area contributed by atoms with E-state index in [1.54, 1.807) is 0 Å². The lowest BCUT2D eigenvalue weighted by molar-refractivity contribution is 0.517. The van der Waals surface area contributed by atoms with Crippen LogP contribution in [0.5, 0.6) is 0 Å². The zero-order valence-corrected chi connectivity index (χ0v) is 11.1. The number of nitrogens with one attached hydrogen (secondary N) is 1. The molecule has 0 spiro atoms. The van der Waals surface area contributed by atoms with Gasteiger partial charge in [-0.25, -0.2) is 0 Å². The topological polar surface area (TPSA) is 29.1 Å². The molecule has 0 fully saturated rings. The first-order valence-electron chi connectivity index (χ1n) is 5.73. The summed E-state index contributed by atoms with van der Waals surface area (Å²) in [6, 6.07) is 4.64. The predicted octanol–water partition coefficient (Wildman–Crippen LogP) is 2.46. The lowest BCUT2D eigenvalue weighted by Gasteiger charge is -2.29. The number of hydrogen-bond donors (Lipinski definition) is 1. The standard InChI is InChI=1S/C13H19NOS/c1-8-5-11-12(14-4)7-10(3)16(15)13(11)6-9(8)2/h5-6,10,12,14H,7H2,1-4H3. The molecule has 16 heavy (non-hydrogen) atoms. The molecule has 1 aromatic rings. The van der Waals surface area contributed by atoms with Crippen LogP contribution in [0.2, 0.25) is 0 Å². The maximum atomic E-state index is 12.2. The van der Waals surface area contributed by atoms with E-state index in [0.29, 0.717) is 6.04 Å². The molecular formula is C13H19NOS. The fraction of sp³-hybridized carbons (Fsp3) is 0.538. The number of benzene rings is 1. The minimum Gasteiger partial charge on any atom is -0.313 e. The van der Waals surface area contributed by atoms with E-state index in [4.69, 9.17) is 0 Å². The van der Waals surface area contributed by atoms with Crippen molar-refractivity contribution in [3.05, 3.63) is 28.8 Å². The van der Waals surface area contributed by atoms with Gasteiger partial charge in [-0.15, -0.1) is 0 Å². The van der Waals surface area contributed by atoms with E-state index in [1.165, 1.54) is 16.7 Å². The molecule has 1 aliphatic heterocycles. The van der Waals surface area contributed by atoms with Crippen molar-refractivity contribution in [3.8, 4) is 0 Å². The van der Waals surface area contributed by atoms with Gasteiger partial charge in [0, 0.05) is 16.2 Å². The van der Waals surface area contributed by atoms with Crippen LogP contribution in [0.1, 0.15) is 36.1 Å². The third-order valence-electron chi connectivity index (χ3n) is 3.50. The third kappa shape index (κ3) is 1.82. The first-order chi connectivity index (χ1) is 7.54. The molecule has 0 bridgehead atoms. The number of rotatable bonds is 1. The van der Waals surface area contributed by atoms with Crippen LogP contribution in [0.4, 0.5) is 0 Å². The van der Waals surface area contributed by atoms with Crippen LogP contribution in [0.15, 0.2) is 17.0 Å². The quantitative estimate of drug-likeness (QED) is 0.813. The molecule has 0 saturated heterocycles. The van der Waals surface area contributed by atoms with E-state index < -0.39 is 10.8 Å². The summed E-state index contributed by atoms with van der Waals surface area (Å²) in [4.78, 5) is 1.03. The zero-order chi connectivity index (χ0) is 11.9. The Morgan fingerprint density at radius 2 is 1.94 bits per heavy atom. The van der Waals surface area contributed by atoms with E-state index in [1.807, 2.05) is 7.05 Å². The van der Waals surface area contributed by atoms with Crippen molar-refractivity contribution in [2.24, 2.45) is 0 Å². The fourth-order valence-electron chi connectivity index (χ4n) is 2.29. The Morgan fingerprint density at radius 3 is 2.56 bits per heavy atom. The highest BCUT2D eigenvalue weighted by Crippen LogP contribution is 2.35. The summed E-state index contributed by atoms with van der Waals surface area (Å²) in [5.74, 6) is 0. The maximum absolute atomic E-state index is 12.2. The summed E-state index contributed by atoms with van der Waals surface area (Å²) < 4.78 is 12.2. The summed E-state index contributed by atoms with van der Waals surface area (Å²) in [7, 11) is 1.14. The second-order valence-electron chi connectivity index (χ2n) is 4.66. The van der Waals surface area contributed by atoms with E-state index in [0.717, 1.165) is 11.3 Å². The predicted molar refractivity (Wildman–Crippen MR) is 68.2 cm³/mol. The molecule has 0 aromatic heterocycles. The van der Waals surface area contributed by atoms with Gasteiger partial charge in [0.15, 0.2) is 0 Å². The molecule has 2 nitrogen and oxygen atoms in total. The minimum atomic E-state index is -0.841. The molecule has 0 aliphatic carbocycles. The highest BCUT2D eigenvalue weighted by atomic mass is 32.2. The van der Waals surface area contributed by atoms with Crippen LogP contribution in [0.3, 0.4) is 0 Å². The molecule has 88 valence electrons. The number of aryl methyl sites for hydroxylation is 2. The van der Waals surface area contributed by atoms with Gasteiger partial charge in [0.25, 0.3) is 0 Å². The molecule has 0 saturated carbocycles. The van der Waals surface area contributed by atoms with Crippen LogP contribution < -0.4 is 5.32 Å². The van der Waals surface area contributed by atoms with Crippen LogP contribution in [0, 0.1) is 13.8 Å². The zero-order valence-electron chi connectivity index (χ0n) is 10.3. The Balaban J connectivity index is 2.59. The smallest absolute Gasteiger partial charge is 0.0562 e. The monoisotopic (exact) mass is 237 g/mol. The minimum absolute atomic E-state index is 0.243. The molecule has 1 aromatic carbocycles. The summed E-state index contributed by atoms with van der Waals surface area (Å²) in [6.07, 6.45) is 0.957. The Kier molecular flexibility index (Phi) is 3.17. The van der Waals surface area contributed by atoms with Crippen LogP contribution in [0.25, 0.3) is 0 Å². The Bertz CT molecular complexity index is 442. The fourth-order valence-corrected chi connectivity index (χ4v) is 3.82. The lowest BCUT2D eigenvalue weighted by atomic mass is 9.97. The maximum Gasteiger partial charge on any atom is 0.0562 e. The van der Waals surface area contributed by atoms with E-state index in [9.17, 15) is 4.21 Å². The summed E-state index contributed by atoms with van der Waals surface area (Å²) in [6.45, 7) is 6.27. The summed E-state index contributed by atoms with van der Waals surface area (Å²) in [5, 5.41) is 3.57. The summed E-state index contributed by atoms with van der Waals surface area (Å²) >= 11 is 0. The molecule has 1 heterocycles. The van der Waals surface area contributed by atoms with Gasteiger partial charge in [-0.2, -0.15) is 0 Å². The van der Waals surface area contributed by atoms with Gasteiger partial charge in [0.05, 0.1) is 10.8 Å². The molecule has 0 amide bonds. The third-order valence-corrected chi connectivity index (χ3v) is 5.21. The molecule has 3 heteroatoms. The second-order valence-corrected chi connectivity index (χ2v) is 6.50. The molecule has 3 atom stereocenters. The summed E-state index contributed by atoms with van der Waals surface area (Å²) in [5.41, 5.74) is 3.74. The Morgan fingerprint density at radius 1 is 1.31 bits per heavy atom. The molecule has 2 rings (SSSR count). The van der Waals surface area contributed by atoms with Crippen LogP contribution in [-0.4, -0.2) is 16.5 Å². The van der Waals surface area contributed by atoms with Crippen molar-refractivity contribution in [1.82, 2.24) is 5.32 Å². The van der Waals surface area contributed by atoms with E-state index in [-0.39, 0.29) is 5.25 Å². The van der Waals surface area contributed by atoms with Gasteiger partial charge in [-0.3, -0.25) is 4.21 Å². The average molecular weight is 237 g/mol. The van der Waals surface area contributed by atoms with Gasteiger partial charge >= 0.3 is 0 Å². The highest BCUT2D eigenvalue weighted by Gasteiger charge is 2.29. The van der Waals surface area contributed by atoms with Gasteiger partial charge in [0.1, 0.15) is 0 Å². The van der Waals surface area contributed by atoms with Gasteiger partial charge < -0.3 is 5.32 Å². The van der Waals surface area contributed by atoms with Crippen LogP contribution in [-0.2, 0) is 10.8 Å². The van der Waals surface area contributed by atoms with Crippen molar-refractivity contribution >= 4 is 10.8 Å². The highest BCUT2D eigenvalue weighted by molar-refractivity contribution is 7.85. The van der Waals surface area contributed by atoms with Crippen molar-refractivity contribution in [2.45, 2.75) is 43.4 Å². The lowest BCUT2D eigenvalue weighted by Crippen LogP contribution is -2.30. The van der Waals surface area contributed by atoms with Crippen molar-refractivity contribution in [2.75, 3.05) is 7.05 Å². The largest absolute Gasteiger partial charge is 0.313 e. The number of hydrogen-bond acceptors (Lipinski definition) is 2. The molecular weight excluding hydrogens is 218 g/mol. The Labute approximate surface area is 99.9 Å². The first-order valence-corrected chi connectivity index (χ1v) is 6.95. The average Bonchev–Trinajstić information content (AvgIpc) is 2.26. The van der Waals surface area contributed by atoms with Crippen molar-refractivity contribution < 1.29 is 4.21 Å². The molecule has 3 unspecified atom stereocenters. The molecule has 1 aliphatic rings. The van der Waals surface area contributed by atoms with Crippen LogP contribution >= 0.6 is 0 Å². The SMILES string of the molecule is CNC1CC(C)S(=O)c2cc(C)c(C)cc21. The normalized spacial score (nSPS) is 28.9. The molecule has 0 radical (unpaired) electrons. The first kappa shape index (κ1) is 11.8. The Hall–Kier alpha value is -0.670. The van der Waals surface area contributed by atoms with E-state index >= 15 is 0 Å². The van der Waals surface area contributed by atoms with Gasteiger partial charge in [0.2, 0.25) is 0 Å². The van der Waals surface area contributed by atoms with Crippen molar-refractivity contribution in [3.63, 3.8) is 0 Å². The number of fused-ring (bicyclic) bond motifs is 1. The van der Waals surface area contributed by atoms with Gasteiger partial charge in [-0.05, 0) is 50.1 Å². The van der Waals surface area contributed by atoms with E-state index in [2.05, 4.69) is 38.2 Å².